The molecule has 0 aromatic heterocycles. The molecule has 0 unspecified atom stereocenters. The van der Waals surface area contributed by atoms with E-state index in [1.165, 1.54) is 4.97 Å². The monoisotopic (exact) mass is 152 g/mol. The van der Waals surface area contributed by atoms with Gasteiger partial charge in [-0.3, -0.25) is 0 Å². The van der Waals surface area contributed by atoms with E-state index in [-0.39, 0.29) is 66.6 Å². The van der Waals surface area contributed by atoms with Gasteiger partial charge >= 0.3 is 85.9 Å². The Kier molecular flexibility index (Phi) is 16.3. The molecule has 0 heterocycles. The Morgan fingerprint density at radius 2 is 2.33 bits per heavy atom. The molecule has 0 aromatic carbocycles. The second-order valence-corrected chi connectivity index (χ2v) is 0.918. The van der Waals surface area contributed by atoms with Gasteiger partial charge in [0, 0.05) is 0 Å². The van der Waals surface area contributed by atoms with Gasteiger partial charge in [-0.05, 0) is 0 Å². The number of rotatable bonds is 1. The van der Waals surface area contributed by atoms with Crippen molar-refractivity contribution in [2.75, 3.05) is 0 Å². The van der Waals surface area contributed by atoms with Gasteiger partial charge in [0.2, 0.25) is 0 Å². The van der Waals surface area contributed by atoms with Crippen molar-refractivity contribution in [2.45, 2.75) is 0 Å². The fourth-order valence-electron chi connectivity index (χ4n) is 0.0144. The molecule has 30 valence electrons. The van der Waals surface area contributed by atoms with E-state index in [1.54, 1.807) is 0 Å². The molecule has 0 bridgehead atoms. The van der Waals surface area contributed by atoms with E-state index in [9.17, 15) is 0 Å². The summed E-state index contributed by atoms with van der Waals surface area (Å²) >= 11 is -0.236. The first-order valence-electron chi connectivity index (χ1n) is 0.741. The fourth-order valence-corrected chi connectivity index (χ4v) is 0.0595. The zero-order chi connectivity index (χ0) is 4.12. The van der Waals surface area contributed by atoms with Crippen LogP contribution in [0.1, 0.15) is 0 Å². The summed E-state index contributed by atoms with van der Waals surface area (Å²) in [6.45, 7) is 0. The van der Waals surface area contributed by atoms with Crippen LogP contribution in [0.2, 0.25) is 0 Å². The zero-order valence-corrected chi connectivity index (χ0v) is 3.26. The summed E-state index contributed by atoms with van der Waals surface area (Å²) in [5.74, 6) is 0. The maximum absolute atomic E-state index is 8.93. The molecule has 0 aliphatic heterocycles. The molecule has 0 atom stereocenters. The second kappa shape index (κ2) is 9.53. The first kappa shape index (κ1) is 10.3. The summed E-state index contributed by atoms with van der Waals surface area (Å²) in [5.41, 5.74) is 0. The Labute approximate surface area is 84.2 Å². The average Bonchev–Trinajstić information content (AvgIpc) is 1.41. The fraction of sp³-hybridized carbons (Fsp3) is 0. The molecule has 0 rings (SSSR count). The van der Waals surface area contributed by atoms with Crippen LogP contribution in [-0.2, 0) is 15.2 Å². The Hall–Kier alpha value is 1.25. The molecular weight excluding hydrogens is 151 g/mol. The van der Waals surface area contributed by atoms with E-state index < -0.39 is 0 Å². The first-order chi connectivity index (χ1) is 2.41. The minimum absolute atomic E-state index is 0. The van der Waals surface area contributed by atoms with Crippen LogP contribution in [-0.4, -0.2) is 51.4 Å². The summed E-state index contributed by atoms with van der Waals surface area (Å²) < 4.78 is 2.24. The first-order valence-corrected chi connectivity index (χ1v) is 1.79. The van der Waals surface area contributed by atoms with Crippen LogP contribution >= 0.6 is 0 Å². The van der Waals surface area contributed by atoms with Crippen molar-refractivity contribution in [2.24, 2.45) is 4.19 Å². The normalized spacial score (nSPS) is 5.17. The van der Waals surface area contributed by atoms with Crippen LogP contribution in [0.4, 0.5) is 0 Å². The molecule has 0 fully saturated rings. The summed E-state index contributed by atoms with van der Waals surface area (Å²) in [4.78, 5) is 10.5. The topological polar surface area (TPSA) is 53.2 Å². The third kappa shape index (κ3) is 8.98. The summed E-state index contributed by atoms with van der Waals surface area (Å²) in [5, 5.41) is 7.52. The number of nitrogens with zero attached hydrogens (tertiary/aromatic N) is 2. The molecule has 0 aromatic rings. The number of hydrogen-bond acceptors (Lipinski definition) is 3. The van der Waals surface area contributed by atoms with E-state index in [1.807, 2.05) is 0 Å². The minimum atomic E-state index is -0.236. The van der Waals surface area contributed by atoms with E-state index in [0.29, 0.717) is 0 Å². The van der Waals surface area contributed by atoms with Gasteiger partial charge in [0.15, 0.2) is 0 Å². The van der Waals surface area contributed by atoms with Gasteiger partial charge in [-0.15, -0.1) is 0 Å². The molecule has 0 N–H and O–H groups in total. The van der Waals surface area contributed by atoms with Gasteiger partial charge in [0.1, 0.15) is 0 Å². The zero-order valence-electron chi connectivity index (χ0n) is 2.16. The summed E-state index contributed by atoms with van der Waals surface area (Å²) in [6.07, 6.45) is 0. The van der Waals surface area contributed by atoms with Gasteiger partial charge in [0.05, 0.1) is 0 Å². The van der Waals surface area contributed by atoms with Crippen LogP contribution < -0.4 is 0 Å². The molecule has 5 heteroatoms. The Bertz CT molecular complexity index is 68.4. The predicted octanol–water partition coefficient (Wildman–Crippen LogP) is -0.417. The molecule has 0 saturated carbocycles. The number of nitriles is 1. The van der Waals surface area contributed by atoms with Crippen molar-refractivity contribution in [1.29, 1.82) is 5.26 Å². The maximum atomic E-state index is 8.93. The second-order valence-electron chi connectivity index (χ2n) is 0.223. The van der Waals surface area contributed by atoms with Crippen molar-refractivity contribution < 1.29 is 15.2 Å². The Balaban J connectivity index is 0. The molecule has 0 radical (unpaired) electrons. The SMILES string of the molecule is N#[C][Fe][N]=O.[KH]. The van der Waals surface area contributed by atoms with E-state index in [2.05, 4.69) is 4.19 Å². The van der Waals surface area contributed by atoms with E-state index in [0.717, 1.165) is 0 Å². The standard InChI is InChI=1S/CN.Fe.K.NO.H/c1-2;;;1-2;/q;+1;;-1;. The van der Waals surface area contributed by atoms with Crippen molar-refractivity contribution in [3.05, 3.63) is 4.91 Å². The third-order valence-electron chi connectivity index (χ3n) is 0.0676. The molecule has 6 heavy (non-hydrogen) atoms. The van der Waals surface area contributed by atoms with Gasteiger partial charge in [-0.25, -0.2) is 0 Å². The van der Waals surface area contributed by atoms with Gasteiger partial charge in [0.25, 0.3) is 0 Å². The van der Waals surface area contributed by atoms with Crippen LogP contribution in [0.25, 0.3) is 0 Å². The van der Waals surface area contributed by atoms with Crippen LogP contribution in [0.5, 0.6) is 0 Å². The molecule has 0 aliphatic carbocycles. The molecule has 0 saturated heterocycles. The summed E-state index contributed by atoms with van der Waals surface area (Å²) in [6, 6.07) is 0. The van der Waals surface area contributed by atoms with Gasteiger partial charge < -0.3 is 0 Å². The molecule has 0 aliphatic rings. The number of nitroso groups, excluding NO2 is 1. The Morgan fingerprint density at radius 1 is 1.83 bits per heavy atom. The van der Waals surface area contributed by atoms with Crippen LogP contribution in [0, 0.1) is 15.1 Å². The van der Waals surface area contributed by atoms with Crippen molar-refractivity contribution in [1.82, 2.24) is 0 Å². The molecule has 0 spiro atoms. The number of hydrogen-bond donors (Lipinski definition) is 0. The van der Waals surface area contributed by atoms with Crippen molar-refractivity contribution >= 4 is 51.4 Å². The average molecular weight is 152 g/mol. The van der Waals surface area contributed by atoms with Crippen LogP contribution in [0.15, 0.2) is 4.19 Å². The van der Waals surface area contributed by atoms with Gasteiger partial charge in [-0.1, -0.05) is 0 Å². The van der Waals surface area contributed by atoms with Gasteiger partial charge in [-0.2, -0.15) is 0 Å². The Morgan fingerprint density at radius 3 is 2.33 bits per heavy atom. The summed E-state index contributed by atoms with van der Waals surface area (Å²) in [7, 11) is 0. The third-order valence-corrected chi connectivity index (χ3v) is 0.279. The van der Waals surface area contributed by atoms with E-state index in [4.69, 9.17) is 10.2 Å². The van der Waals surface area contributed by atoms with Crippen LogP contribution in [0.3, 0.4) is 0 Å². The van der Waals surface area contributed by atoms with Crippen molar-refractivity contribution in [3.8, 4) is 4.97 Å². The van der Waals surface area contributed by atoms with E-state index >= 15 is 0 Å². The quantitative estimate of drug-likeness (QED) is 0.378. The van der Waals surface area contributed by atoms with Crippen molar-refractivity contribution in [3.63, 3.8) is 0 Å². The molecule has 0 amide bonds. The molecular formula is CHFeKN2O. The predicted molar refractivity (Wildman–Crippen MR) is 18.6 cm³/mol. The molecule has 3 nitrogen and oxygen atoms in total.